The van der Waals surface area contributed by atoms with Crippen LogP contribution in [0.1, 0.15) is 55.8 Å². The van der Waals surface area contributed by atoms with Gasteiger partial charge in [0.15, 0.2) is 0 Å². The van der Waals surface area contributed by atoms with E-state index in [0.29, 0.717) is 23.6 Å². The van der Waals surface area contributed by atoms with Gasteiger partial charge in [-0.1, -0.05) is 32.9 Å². The Bertz CT molecular complexity index is 770. The predicted octanol–water partition coefficient (Wildman–Crippen LogP) is 3.39. The molecule has 0 saturated heterocycles. The van der Waals surface area contributed by atoms with E-state index in [1.54, 1.807) is 37.5 Å². The standard InChI is InChI=1S/C20H25N3O3/c1-14(12-18(24)21-13-17-6-5-11-26-17)22-23-19(25)15-7-9-16(10-8-15)20(2,3)4/h5-11H,12-13H2,1-4H3,(H,21,24)(H,23,25). The zero-order chi connectivity index (χ0) is 19.2. The molecule has 0 aliphatic heterocycles. The van der Waals surface area contributed by atoms with Gasteiger partial charge in [0, 0.05) is 11.3 Å². The van der Waals surface area contributed by atoms with Crippen molar-refractivity contribution in [1.29, 1.82) is 0 Å². The van der Waals surface area contributed by atoms with Gasteiger partial charge in [-0.05, 0) is 42.2 Å². The number of hydrazone groups is 1. The van der Waals surface area contributed by atoms with Crippen molar-refractivity contribution in [3.63, 3.8) is 0 Å². The van der Waals surface area contributed by atoms with Crippen molar-refractivity contribution >= 4 is 17.5 Å². The molecule has 2 rings (SSSR count). The van der Waals surface area contributed by atoms with Crippen molar-refractivity contribution in [1.82, 2.24) is 10.7 Å². The highest BCUT2D eigenvalue weighted by atomic mass is 16.3. The number of carbonyl (C=O) groups excluding carboxylic acids is 2. The van der Waals surface area contributed by atoms with Crippen LogP contribution in [0.2, 0.25) is 0 Å². The zero-order valence-electron chi connectivity index (χ0n) is 15.6. The van der Waals surface area contributed by atoms with Gasteiger partial charge in [-0.15, -0.1) is 0 Å². The maximum atomic E-state index is 12.1. The predicted molar refractivity (Wildman–Crippen MR) is 101 cm³/mol. The normalized spacial score (nSPS) is 11.9. The Kier molecular flexibility index (Phi) is 6.33. The number of amides is 2. The van der Waals surface area contributed by atoms with E-state index in [0.717, 1.165) is 5.56 Å². The summed E-state index contributed by atoms with van der Waals surface area (Å²) in [5.74, 6) is 0.187. The summed E-state index contributed by atoms with van der Waals surface area (Å²) < 4.78 is 5.14. The second-order valence-corrected chi connectivity index (χ2v) is 7.15. The first-order valence-electron chi connectivity index (χ1n) is 8.49. The van der Waals surface area contributed by atoms with E-state index in [9.17, 15) is 9.59 Å². The largest absolute Gasteiger partial charge is 0.467 e. The van der Waals surface area contributed by atoms with Crippen molar-refractivity contribution in [2.45, 2.75) is 46.1 Å². The number of furan rings is 1. The molecule has 0 aliphatic rings. The molecule has 0 spiro atoms. The van der Waals surface area contributed by atoms with Crippen LogP contribution in [0.5, 0.6) is 0 Å². The summed E-state index contributed by atoms with van der Waals surface area (Å²) in [6.07, 6.45) is 1.65. The smallest absolute Gasteiger partial charge is 0.271 e. The van der Waals surface area contributed by atoms with Crippen molar-refractivity contribution in [2.75, 3.05) is 0 Å². The third-order valence-corrected chi connectivity index (χ3v) is 3.82. The van der Waals surface area contributed by atoms with Crippen LogP contribution in [-0.4, -0.2) is 17.5 Å². The van der Waals surface area contributed by atoms with Crippen LogP contribution < -0.4 is 10.7 Å². The average Bonchev–Trinajstić information content (AvgIpc) is 3.11. The van der Waals surface area contributed by atoms with E-state index < -0.39 is 0 Å². The number of rotatable bonds is 6. The third kappa shape index (κ3) is 5.88. The average molecular weight is 355 g/mol. The summed E-state index contributed by atoms with van der Waals surface area (Å²) in [4.78, 5) is 24.0. The summed E-state index contributed by atoms with van der Waals surface area (Å²) in [6, 6.07) is 11.0. The molecule has 2 aromatic rings. The molecule has 0 saturated carbocycles. The summed E-state index contributed by atoms with van der Waals surface area (Å²) in [7, 11) is 0. The molecule has 1 aromatic heterocycles. The molecule has 138 valence electrons. The van der Waals surface area contributed by atoms with E-state index in [-0.39, 0.29) is 23.7 Å². The SMILES string of the molecule is CC(CC(=O)NCc1ccco1)=NNC(=O)c1ccc(C(C)(C)C)cc1. The number of nitrogens with zero attached hydrogens (tertiary/aromatic N) is 1. The lowest BCUT2D eigenvalue weighted by Gasteiger charge is -2.18. The quantitative estimate of drug-likeness (QED) is 0.615. The first kappa shape index (κ1) is 19.4. The van der Waals surface area contributed by atoms with Crippen LogP contribution in [0.4, 0.5) is 0 Å². The minimum absolute atomic E-state index is 0.0345. The van der Waals surface area contributed by atoms with Crippen LogP contribution in [-0.2, 0) is 16.8 Å². The molecule has 26 heavy (non-hydrogen) atoms. The lowest BCUT2D eigenvalue weighted by Crippen LogP contribution is -2.26. The maximum Gasteiger partial charge on any atom is 0.271 e. The third-order valence-electron chi connectivity index (χ3n) is 3.82. The monoisotopic (exact) mass is 355 g/mol. The Hall–Kier alpha value is -2.89. The molecular formula is C20H25N3O3. The van der Waals surface area contributed by atoms with Gasteiger partial charge in [-0.3, -0.25) is 9.59 Å². The minimum Gasteiger partial charge on any atom is -0.467 e. The van der Waals surface area contributed by atoms with Gasteiger partial charge in [0.2, 0.25) is 5.91 Å². The molecule has 6 nitrogen and oxygen atoms in total. The number of hydrogen-bond acceptors (Lipinski definition) is 4. The van der Waals surface area contributed by atoms with Crippen molar-refractivity contribution in [2.24, 2.45) is 5.10 Å². The molecule has 0 aliphatic carbocycles. The highest BCUT2D eigenvalue weighted by Crippen LogP contribution is 2.22. The van der Waals surface area contributed by atoms with Crippen LogP contribution >= 0.6 is 0 Å². The Morgan fingerprint density at radius 3 is 2.38 bits per heavy atom. The van der Waals surface area contributed by atoms with E-state index in [1.807, 2.05) is 12.1 Å². The summed E-state index contributed by atoms with van der Waals surface area (Å²) in [5.41, 5.74) is 4.71. The second kappa shape index (κ2) is 8.47. The first-order valence-corrected chi connectivity index (χ1v) is 8.49. The Morgan fingerprint density at radius 2 is 1.81 bits per heavy atom. The van der Waals surface area contributed by atoms with Crippen molar-refractivity contribution in [3.8, 4) is 0 Å². The van der Waals surface area contributed by atoms with Gasteiger partial charge >= 0.3 is 0 Å². The molecule has 1 heterocycles. The molecule has 6 heteroatoms. The van der Waals surface area contributed by atoms with E-state index in [1.165, 1.54) is 0 Å². The van der Waals surface area contributed by atoms with Crippen LogP contribution in [0.25, 0.3) is 0 Å². The summed E-state index contributed by atoms with van der Waals surface area (Å²) in [5, 5.41) is 6.72. The number of carbonyl (C=O) groups is 2. The Balaban J connectivity index is 1.83. The van der Waals surface area contributed by atoms with Gasteiger partial charge < -0.3 is 9.73 Å². The number of nitrogens with one attached hydrogen (secondary N) is 2. The molecule has 0 fully saturated rings. The highest BCUT2D eigenvalue weighted by Gasteiger charge is 2.14. The van der Waals surface area contributed by atoms with Gasteiger partial charge in [-0.25, -0.2) is 5.43 Å². The summed E-state index contributed by atoms with van der Waals surface area (Å²) >= 11 is 0. The van der Waals surface area contributed by atoms with Crippen LogP contribution in [0.15, 0.2) is 52.2 Å². The van der Waals surface area contributed by atoms with Gasteiger partial charge in [0.25, 0.3) is 5.91 Å². The molecule has 1 aromatic carbocycles. The van der Waals surface area contributed by atoms with Crippen LogP contribution in [0, 0.1) is 0 Å². The topological polar surface area (TPSA) is 83.7 Å². The minimum atomic E-state index is -0.305. The maximum absolute atomic E-state index is 12.1. The van der Waals surface area contributed by atoms with Crippen LogP contribution in [0.3, 0.4) is 0 Å². The fraction of sp³-hybridized carbons (Fsp3) is 0.350. The molecule has 0 radical (unpaired) electrons. The number of hydrogen-bond donors (Lipinski definition) is 2. The molecule has 0 unspecified atom stereocenters. The van der Waals surface area contributed by atoms with Gasteiger partial charge in [0.05, 0.1) is 19.2 Å². The van der Waals surface area contributed by atoms with E-state index in [2.05, 4.69) is 36.6 Å². The molecule has 0 bridgehead atoms. The highest BCUT2D eigenvalue weighted by molar-refractivity contribution is 6.01. The van der Waals surface area contributed by atoms with E-state index >= 15 is 0 Å². The fourth-order valence-corrected chi connectivity index (χ4v) is 2.27. The first-order chi connectivity index (χ1) is 12.3. The Morgan fingerprint density at radius 1 is 1.12 bits per heavy atom. The zero-order valence-corrected chi connectivity index (χ0v) is 15.6. The van der Waals surface area contributed by atoms with Crippen molar-refractivity contribution < 1.29 is 14.0 Å². The van der Waals surface area contributed by atoms with Crippen molar-refractivity contribution in [3.05, 3.63) is 59.5 Å². The second-order valence-electron chi connectivity index (χ2n) is 7.15. The lowest BCUT2D eigenvalue weighted by atomic mass is 9.87. The molecule has 2 amide bonds. The number of benzene rings is 1. The van der Waals surface area contributed by atoms with Gasteiger partial charge in [-0.2, -0.15) is 5.10 Å². The molecule has 2 N–H and O–H groups in total. The van der Waals surface area contributed by atoms with E-state index in [4.69, 9.17) is 4.42 Å². The Labute approximate surface area is 153 Å². The molecule has 0 atom stereocenters. The van der Waals surface area contributed by atoms with Gasteiger partial charge in [0.1, 0.15) is 5.76 Å². The fourth-order valence-electron chi connectivity index (χ4n) is 2.27. The summed E-state index contributed by atoms with van der Waals surface area (Å²) in [6.45, 7) is 8.37. The molecular weight excluding hydrogens is 330 g/mol. The lowest BCUT2D eigenvalue weighted by molar-refractivity contribution is -0.120.